The first-order valence-corrected chi connectivity index (χ1v) is 11.2. The van der Waals surface area contributed by atoms with Gasteiger partial charge in [-0.2, -0.15) is 8.42 Å². The number of rotatable bonds is 6. The van der Waals surface area contributed by atoms with Crippen LogP contribution in [0.1, 0.15) is 42.4 Å². The quantitative estimate of drug-likeness (QED) is 0.418. The van der Waals surface area contributed by atoms with Crippen LogP contribution in [0, 0.1) is 18.8 Å². The van der Waals surface area contributed by atoms with Gasteiger partial charge in [0.15, 0.2) is 0 Å². The second-order valence-electron chi connectivity index (χ2n) is 7.17. The van der Waals surface area contributed by atoms with Crippen molar-refractivity contribution in [1.29, 1.82) is 0 Å². The lowest BCUT2D eigenvalue weighted by Crippen LogP contribution is -2.29. The van der Waals surface area contributed by atoms with Gasteiger partial charge in [0.2, 0.25) is 0 Å². The topological polar surface area (TPSA) is 46.6 Å². The lowest BCUT2D eigenvalue weighted by molar-refractivity contribution is 0.221. The molecule has 1 heterocycles. The Hall–Kier alpha value is -2.13. The predicted molar refractivity (Wildman–Crippen MR) is 111 cm³/mol. The monoisotopic (exact) mass is 397 g/mol. The Morgan fingerprint density at radius 1 is 0.964 bits per heavy atom. The van der Waals surface area contributed by atoms with Gasteiger partial charge in [0, 0.05) is 18.5 Å². The molecule has 0 unspecified atom stereocenters. The summed E-state index contributed by atoms with van der Waals surface area (Å²) in [6.45, 7) is 5.34. The van der Waals surface area contributed by atoms with E-state index in [1.54, 1.807) is 24.3 Å². The fourth-order valence-corrected chi connectivity index (χ4v) is 4.12. The summed E-state index contributed by atoms with van der Waals surface area (Å²) in [5.41, 5.74) is 3.25. The van der Waals surface area contributed by atoms with E-state index in [1.807, 2.05) is 19.1 Å². The zero-order chi connectivity index (χ0) is 19.8. The molecule has 0 aromatic heterocycles. The number of aryl methyl sites for hydroxylation is 1. The minimum absolute atomic E-state index is 0.0518. The summed E-state index contributed by atoms with van der Waals surface area (Å²) in [5.74, 6) is 6.06. The Bertz CT molecular complexity index is 917. The minimum Gasteiger partial charge on any atom is -0.299 e. The van der Waals surface area contributed by atoms with E-state index in [0.717, 1.165) is 17.7 Å². The van der Waals surface area contributed by atoms with Crippen molar-refractivity contribution in [2.24, 2.45) is 0 Å². The maximum absolute atomic E-state index is 12.1. The predicted octanol–water partition coefficient (Wildman–Crippen LogP) is 4.13. The van der Waals surface area contributed by atoms with Gasteiger partial charge >= 0.3 is 0 Å². The van der Waals surface area contributed by atoms with Gasteiger partial charge < -0.3 is 0 Å². The van der Waals surface area contributed by atoms with E-state index < -0.39 is 10.1 Å². The summed E-state index contributed by atoms with van der Waals surface area (Å²) >= 11 is 0. The highest BCUT2D eigenvalue weighted by molar-refractivity contribution is 7.86. The molecule has 0 radical (unpaired) electrons. The molecule has 5 heteroatoms. The molecule has 0 amide bonds. The Balaban J connectivity index is 1.45. The molecule has 0 bridgehead atoms. The molecule has 1 fully saturated rings. The summed E-state index contributed by atoms with van der Waals surface area (Å²) in [5, 5.41) is 0. The minimum atomic E-state index is -3.71. The van der Waals surface area contributed by atoms with E-state index in [0.29, 0.717) is 6.42 Å². The van der Waals surface area contributed by atoms with Crippen molar-refractivity contribution in [2.75, 3.05) is 19.7 Å². The lowest BCUT2D eigenvalue weighted by Gasteiger charge is -2.26. The van der Waals surface area contributed by atoms with Crippen LogP contribution in [-0.2, 0) is 20.8 Å². The Morgan fingerprint density at radius 3 is 2.32 bits per heavy atom. The molecular formula is C23H27NO3S. The van der Waals surface area contributed by atoms with Crippen LogP contribution in [0.3, 0.4) is 0 Å². The summed E-state index contributed by atoms with van der Waals surface area (Å²) in [7, 11) is -3.71. The van der Waals surface area contributed by atoms with Crippen LogP contribution in [-0.4, -0.2) is 33.0 Å². The number of hydrogen-bond acceptors (Lipinski definition) is 4. The van der Waals surface area contributed by atoms with Gasteiger partial charge in [-0.15, -0.1) is 0 Å². The fraction of sp³-hybridized carbons (Fsp3) is 0.391. The highest BCUT2D eigenvalue weighted by atomic mass is 32.2. The highest BCUT2D eigenvalue weighted by Crippen LogP contribution is 2.14. The van der Waals surface area contributed by atoms with Crippen molar-refractivity contribution in [3.05, 3.63) is 65.2 Å². The van der Waals surface area contributed by atoms with Gasteiger partial charge in [-0.25, -0.2) is 0 Å². The number of hydrogen-bond donors (Lipinski definition) is 0. The van der Waals surface area contributed by atoms with E-state index in [4.69, 9.17) is 4.18 Å². The number of nitrogens with zero attached hydrogens (tertiary/aromatic N) is 1. The van der Waals surface area contributed by atoms with Gasteiger partial charge in [0.25, 0.3) is 10.1 Å². The standard InChI is InChI=1S/C23H27NO3S/c1-20-8-14-23(15-9-20)28(25,26)27-18-6-3-7-21-10-12-22(13-11-21)19-24-16-4-2-5-17-24/h8-15H,2,4-6,16-19H2,1H3. The molecule has 148 valence electrons. The summed E-state index contributed by atoms with van der Waals surface area (Å²) < 4.78 is 29.3. The van der Waals surface area contributed by atoms with E-state index in [1.165, 1.54) is 37.9 Å². The molecule has 1 aliphatic rings. The average Bonchev–Trinajstić information content (AvgIpc) is 2.70. The third-order valence-corrected chi connectivity index (χ3v) is 6.14. The van der Waals surface area contributed by atoms with Gasteiger partial charge in [0.05, 0.1) is 11.5 Å². The zero-order valence-corrected chi connectivity index (χ0v) is 17.2. The van der Waals surface area contributed by atoms with E-state index >= 15 is 0 Å². The molecule has 4 nitrogen and oxygen atoms in total. The molecular weight excluding hydrogens is 370 g/mol. The van der Waals surface area contributed by atoms with E-state index in [-0.39, 0.29) is 11.5 Å². The first-order chi connectivity index (χ1) is 13.5. The first kappa shape index (κ1) is 20.6. The summed E-state index contributed by atoms with van der Waals surface area (Å²) in [6.07, 6.45) is 4.30. The van der Waals surface area contributed by atoms with Crippen molar-refractivity contribution in [2.45, 2.75) is 44.0 Å². The molecule has 0 saturated carbocycles. The van der Waals surface area contributed by atoms with Crippen molar-refractivity contribution < 1.29 is 12.6 Å². The molecule has 0 spiro atoms. The Labute approximate surface area is 168 Å². The molecule has 28 heavy (non-hydrogen) atoms. The van der Waals surface area contributed by atoms with Crippen molar-refractivity contribution in [3.8, 4) is 11.8 Å². The van der Waals surface area contributed by atoms with Crippen molar-refractivity contribution >= 4 is 10.1 Å². The Kier molecular flexibility index (Phi) is 7.27. The second-order valence-corrected chi connectivity index (χ2v) is 8.79. The maximum Gasteiger partial charge on any atom is 0.297 e. The van der Waals surface area contributed by atoms with Crippen molar-refractivity contribution in [3.63, 3.8) is 0 Å². The first-order valence-electron chi connectivity index (χ1n) is 9.79. The van der Waals surface area contributed by atoms with Gasteiger partial charge in [-0.3, -0.25) is 9.08 Å². The van der Waals surface area contributed by atoms with Crippen LogP contribution in [0.5, 0.6) is 0 Å². The number of likely N-dealkylation sites (tertiary alicyclic amines) is 1. The molecule has 2 aromatic carbocycles. The fourth-order valence-electron chi connectivity index (χ4n) is 3.21. The van der Waals surface area contributed by atoms with Gasteiger partial charge in [-0.05, 0) is 62.7 Å². The lowest BCUT2D eigenvalue weighted by atomic mass is 10.1. The molecule has 2 aromatic rings. The number of piperidine rings is 1. The molecule has 3 rings (SSSR count). The maximum atomic E-state index is 12.1. The SMILES string of the molecule is Cc1ccc(S(=O)(=O)OCCC#Cc2ccc(CN3CCCCC3)cc2)cc1. The van der Waals surface area contributed by atoms with Crippen LogP contribution in [0.15, 0.2) is 53.4 Å². The van der Waals surface area contributed by atoms with E-state index in [2.05, 4.69) is 28.9 Å². The normalized spacial score (nSPS) is 15.0. The molecule has 1 aliphatic heterocycles. The van der Waals surface area contributed by atoms with Crippen LogP contribution in [0.25, 0.3) is 0 Å². The third-order valence-electron chi connectivity index (χ3n) is 4.82. The van der Waals surface area contributed by atoms with Gasteiger partial charge in [0.1, 0.15) is 0 Å². The third kappa shape index (κ3) is 6.20. The van der Waals surface area contributed by atoms with Crippen LogP contribution in [0.2, 0.25) is 0 Å². The van der Waals surface area contributed by atoms with Gasteiger partial charge in [-0.1, -0.05) is 48.1 Å². The highest BCUT2D eigenvalue weighted by Gasteiger charge is 2.14. The molecule has 1 saturated heterocycles. The van der Waals surface area contributed by atoms with Crippen LogP contribution in [0.4, 0.5) is 0 Å². The zero-order valence-electron chi connectivity index (χ0n) is 16.4. The smallest absolute Gasteiger partial charge is 0.297 e. The Morgan fingerprint density at radius 2 is 1.64 bits per heavy atom. The van der Waals surface area contributed by atoms with Crippen molar-refractivity contribution in [1.82, 2.24) is 4.90 Å². The second kappa shape index (κ2) is 9.88. The van der Waals surface area contributed by atoms with E-state index in [9.17, 15) is 8.42 Å². The van der Waals surface area contributed by atoms with Crippen LogP contribution >= 0.6 is 0 Å². The number of benzene rings is 2. The largest absolute Gasteiger partial charge is 0.299 e. The molecule has 0 aliphatic carbocycles. The summed E-state index contributed by atoms with van der Waals surface area (Å²) in [6, 6.07) is 14.9. The average molecular weight is 398 g/mol. The molecule has 0 N–H and O–H groups in total. The van der Waals surface area contributed by atoms with Crippen LogP contribution < -0.4 is 0 Å². The summed E-state index contributed by atoms with van der Waals surface area (Å²) in [4.78, 5) is 2.67. The molecule has 0 atom stereocenters.